The summed E-state index contributed by atoms with van der Waals surface area (Å²) < 4.78 is 26.8. The van der Waals surface area contributed by atoms with Gasteiger partial charge in [-0.3, -0.25) is 5.10 Å². The molecular weight excluding hydrogens is 208 g/mol. The number of primary sulfonamides is 1. The Morgan fingerprint density at radius 3 is 2.43 bits per heavy atom. The van der Waals surface area contributed by atoms with E-state index in [0.29, 0.717) is 5.82 Å². The van der Waals surface area contributed by atoms with Gasteiger partial charge in [0, 0.05) is 7.11 Å². The quantitative estimate of drug-likeness (QED) is 0.702. The maximum atomic E-state index is 10.9. The van der Waals surface area contributed by atoms with Crippen molar-refractivity contribution in [1.29, 1.82) is 0 Å². The molecule has 14 heavy (non-hydrogen) atoms. The van der Waals surface area contributed by atoms with Gasteiger partial charge in [0.05, 0.1) is 0 Å². The highest BCUT2D eigenvalue weighted by molar-refractivity contribution is 7.89. The number of rotatable bonds is 3. The van der Waals surface area contributed by atoms with E-state index >= 15 is 0 Å². The lowest BCUT2D eigenvalue weighted by Crippen LogP contribution is -2.21. The third kappa shape index (κ3) is 2.08. The Hall–Kier alpha value is -0.990. The van der Waals surface area contributed by atoms with Crippen LogP contribution in [-0.2, 0) is 20.4 Å². The maximum absolute atomic E-state index is 10.9. The van der Waals surface area contributed by atoms with Gasteiger partial charge in [-0.05, 0) is 13.8 Å². The zero-order valence-corrected chi connectivity index (χ0v) is 8.92. The van der Waals surface area contributed by atoms with E-state index in [0.717, 1.165) is 0 Å². The molecule has 0 saturated carbocycles. The molecule has 0 bridgehead atoms. The Morgan fingerprint density at radius 2 is 2.07 bits per heavy atom. The molecule has 3 N–H and O–H groups in total. The lowest BCUT2D eigenvalue weighted by molar-refractivity contribution is 0.0116. The Labute approximate surface area is 81.7 Å². The second-order valence-electron chi connectivity index (χ2n) is 3.23. The average molecular weight is 220 g/mol. The van der Waals surface area contributed by atoms with Crippen molar-refractivity contribution in [2.75, 3.05) is 7.11 Å². The zero-order valence-electron chi connectivity index (χ0n) is 8.10. The standard InChI is InChI=1S/C6H12N4O3S/c1-6(2,13-3)4-8-5(10-9-4)14(7,11)12/h1-3H3,(H2,7,11,12)(H,8,9,10). The van der Waals surface area contributed by atoms with Crippen molar-refractivity contribution in [1.82, 2.24) is 15.2 Å². The van der Waals surface area contributed by atoms with Gasteiger partial charge in [-0.1, -0.05) is 0 Å². The molecule has 0 aromatic carbocycles. The van der Waals surface area contributed by atoms with E-state index in [1.165, 1.54) is 7.11 Å². The fourth-order valence-electron chi connectivity index (χ4n) is 0.740. The van der Waals surface area contributed by atoms with Crippen LogP contribution in [0.2, 0.25) is 0 Å². The molecule has 80 valence electrons. The first-order valence-electron chi connectivity index (χ1n) is 3.78. The number of nitrogens with zero attached hydrogens (tertiary/aromatic N) is 2. The summed E-state index contributed by atoms with van der Waals surface area (Å²) in [6.07, 6.45) is 0. The Morgan fingerprint density at radius 1 is 1.50 bits per heavy atom. The van der Waals surface area contributed by atoms with Gasteiger partial charge >= 0.3 is 0 Å². The van der Waals surface area contributed by atoms with Crippen LogP contribution in [-0.4, -0.2) is 30.7 Å². The average Bonchev–Trinajstić information content (AvgIpc) is 2.51. The van der Waals surface area contributed by atoms with Crippen molar-refractivity contribution in [3.05, 3.63) is 5.82 Å². The fourth-order valence-corrected chi connectivity index (χ4v) is 1.13. The van der Waals surface area contributed by atoms with Gasteiger partial charge in [-0.15, -0.1) is 5.10 Å². The molecule has 0 aliphatic rings. The van der Waals surface area contributed by atoms with Crippen LogP contribution < -0.4 is 5.14 Å². The van der Waals surface area contributed by atoms with E-state index in [2.05, 4.69) is 15.2 Å². The van der Waals surface area contributed by atoms with Crippen LogP contribution in [0.15, 0.2) is 5.16 Å². The van der Waals surface area contributed by atoms with Crippen LogP contribution >= 0.6 is 0 Å². The highest BCUT2D eigenvalue weighted by atomic mass is 32.2. The Bertz CT molecular complexity index is 422. The third-order valence-corrected chi connectivity index (χ3v) is 2.49. The molecule has 0 radical (unpaired) electrons. The minimum atomic E-state index is -3.86. The number of hydrogen-bond donors (Lipinski definition) is 2. The second kappa shape index (κ2) is 3.30. The third-order valence-electron chi connectivity index (χ3n) is 1.80. The van der Waals surface area contributed by atoms with Crippen LogP contribution in [0.5, 0.6) is 0 Å². The van der Waals surface area contributed by atoms with E-state index in [1.807, 2.05) is 0 Å². The van der Waals surface area contributed by atoms with Crippen molar-refractivity contribution in [3.63, 3.8) is 0 Å². The number of sulfonamides is 1. The monoisotopic (exact) mass is 220 g/mol. The lowest BCUT2D eigenvalue weighted by Gasteiger charge is -2.18. The lowest BCUT2D eigenvalue weighted by atomic mass is 10.1. The van der Waals surface area contributed by atoms with E-state index in [-0.39, 0.29) is 0 Å². The number of aromatic amines is 1. The zero-order chi connectivity index (χ0) is 11.0. The van der Waals surface area contributed by atoms with Crippen molar-refractivity contribution >= 4 is 10.0 Å². The molecule has 8 heteroatoms. The van der Waals surface area contributed by atoms with Gasteiger partial charge in [-0.25, -0.2) is 13.6 Å². The minimum Gasteiger partial charge on any atom is -0.371 e. The summed E-state index contributed by atoms with van der Waals surface area (Å²) in [6.45, 7) is 3.45. The molecule has 1 rings (SSSR count). The van der Waals surface area contributed by atoms with Gasteiger partial charge in [0.1, 0.15) is 5.60 Å². The number of methoxy groups -OCH3 is 1. The largest absolute Gasteiger partial charge is 0.371 e. The van der Waals surface area contributed by atoms with Gasteiger partial charge in [-0.2, -0.15) is 4.98 Å². The first kappa shape index (κ1) is 11.1. The molecule has 0 amide bonds. The maximum Gasteiger partial charge on any atom is 0.282 e. The molecule has 0 saturated heterocycles. The second-order valence-corrected chi connectivity index (χ2v) is 4.68. The van der Waals surface area contributed by atoms with Crippen LogP contribution in [0.1, 0.15) is 19.7 Å². The number of H-pyrrole nitrogens is 1. The number of nitrogens with one attached hydrogen (secondary N) is 1. The Balaban J connectivity index is 3.13. The summed E-state index contributed by atoms with van der Waals surface area (Å²) in [4.78, 5) is 3.72. The first-order valence-corrected chi connectivity index (χ1v) is 5.33. The van der Waals surface area contributed by atoms with Crippen molar-refractivity contribution in [3.8, 4) is 0 Å². The highest BCUT2D eigenvalue weighted by Crippen LogP contribution is 2.19. The predicted octanol–water partition coefficient (Wildman–Crippen LogP) is -0.666. The minimum absolute atomic E-state index is 0.309. The molecule has 0 fully saturated rings. The molecule has 7 nitrogen and oxygen atoms in total. The summed E-state index contributed by atoms with van der Waals surface area (Å²) in [5.41, 5.74) is -0.726. The molecule has 1 aromatic rings. The smallest absolute Gasteiger partial charge is 0.282 e. The van der Waals surface area contributed by atoms with E-state index < -0.39 is 20.8 Å². The molecular formula is C6H12N4O3S. The van der Waals surface area contributed by atoms with Crippen LogP contribution in [0.25, 0.3) is 0 Å². The van der Waals surface area contributed by atoms with Gasteiger partial charge in [0.15, 0.2) is 5.82 Å². The van der Waals surface area contributed by atoms with Gasteiger partial charge < -0.3 is 4.74 Å². The number of nitrogens with two attached hydrogens (primary N) is 1. The fraction of sp³-hybridized carbons (Fsp3) is 0.667. The van der Waals surface area contributed by atoms with Crippen LogP contribution in [0.4, 0.5) is 0 Å². The number of hydrogen-bond acceptors (Lipinski definition) is 5. The van der Waals surface area contributed by atoms with E-state index in [4.69, 9.17) is 9.88 Å². The molecule has 1 heterocycles. The van der Waals surface area contributed by atoms with Gasteiger partial charge in [0.25, 0.3) is 15.2 Å². The normalized spacial score (nSPS) is 13.1. The SMILES string of the molecule is COC(C)(C)c1nc(S(N)(=O)=O)n[nH]1. The number of aromatic nitrogens is 3. The first-order chi connectivity index (χ1) is 6.27. The van der Waals surface area contributed by atoms with Crippen LogP contribution in [0.3, 0.4) is 0 Å². The summed E-state index contributed by atoms with van der Waals surface area (Å²) in [7, 11) is -2.37. The molecule has 0 aliphatic heterocycles. The van der Waals surface area contributed by atoms with Gasteiger partial charge in [0.2, 0.25) is 0 Å². The van der Waals surface area contributed by atoms with E-state index in [9.17, 15) is 8.42 Å². The topological polar surface area (TPSA) is 111 Å². The molecule has 0 spiro atoms. The molecule has 0 aliphatic carbocycles. The van der Waals surface area contributed by atoms with E-state index in [1.54, 1.807) is 13.8 Å². The Kier molecular flexibility index (Phi) is 2.61. The highest BCUT2D eigenvalue weighted by Gasteiger charge is 2.26. The predicted molar refractivity (Wildman–Crippen MR) is 47.8 cm³/mol. The summed E-state index contributed by atoms with van der Waals surface area (Å²) >= 11 is 0. The number of ether oxygens (including phenoxy) is 1. The van der Waals surface area contributed by atoms with Crippen molar-refractivity contribution < 1.29 is 13.2 Å². The molecule has 1 aromatic heterocycles. The van der Waals surface area contributed by atoms with Crippen molar-refractivity contribution in [2.24, 2.45) is 5.14 Å². The van der Waals surface area contributed by atoms with Crippen LogP contribution in [0, 0.1) is 0 Å². The summed E-state index contributed by atoms with van der Waals surface area (Å²) in [5, 5.41) is 10.3. The summed E-state index contributed by atoms with van der Waals surface area (Å²) in [6, 6.07) is 0. The molecule has 0 atom stereocenters. The summed E-state index contributed by atoms with van der Waals surface area (Å²) in [5.74, 6) is 0.309. The molecule has 0 unspecified atom stereocenters. The van der Waals surface area contributed by atoms with Crippen molar-refractivity contribution in [2.45, 2.75) is 24.6 Å².